The molecular weight excluding hydrogens is 411 g/mol. The van der Waals surface area contributed by atoms with E-state index in [9.17, 15) is 14.3 Å². The average molecular weight is 438 g/mol. The number of aliphatic hydroxyl groups excluding tert-OH is 2. The van der Waals surface area contributed by atoms with Crippen LogP contribution in [0.3, 0.4) is 0 Å². The number of allylic oxidation sites excluding steroid dienone is 1. The molecule has 0 saturated carbocycles. The van der Waals surface area contributed by atoms with E-state index in [1.165, 1.54) is 12.1 Å². The summed E-state index contributed by atoms with van der Waals surface area (Å²) in [5, 5.41) is 21.4. The number of likely N-dealkylation sites (N-methyl/N-ethyl adjacent to an activating group) is 1. The number of hydrogen-bond donors (Lipinski definition) is 3. The van der Waals surface area contributed by atoms with Gasteiger partial charge < -0.3 is 20.3 Å². The maximum Gasteiger partial charge on any atom is 0.260 e. The van der Waals surface area contributed by atoms with E-state index in [0.717, 1.165) is 16.7 Å². The highest BCUT2D eigenvalue weighted by atomic mass is 19.1. The lowest BCUT2D eigenvalue weighted by atomic mass is 9.91. The van der Waals surface area contributed by atoms with Gasteiger partial charge in [-0.05, 0) is 56.3 Å². The van der Waals surface area contributed by atoms with Gasteiger partial charge in [-0.25, -0.2) is 4.39 Å². The van der Waals surface area contributed by atoms with E-state index >= 15 is 0 Å². The topological polar surface area (TPSA) is 82.0 Å². The highest BCUT2D eigenvalue weighted by Crippen LogP contribution is 2.44. The van der Waals surface area contributed by atoms with Crippen molar-refractivity contribution in [2.24, 2.45) is 0 Å². The van der Waals surface area contributed by atoms with E-state index in [2.05, 4.69) is 5.32 Å². The van der Waals surface area contributed by atoms with Crippen LogP contribution < -0.4 is 5.32 Å². The van der Waals surface area contributed by atoms with E-state index in [0.29, 0.717) is 35.7 Å². The number of fused-ring (bicyclic) bond motifs is 1. The lowest BCUT2D eigenvalue weighted by molar-refractivity contribution is -0.111. The Labute approximate surface area is 186 Å². The van der Waals surface area contributed by atoms with Crippen LogP contribution >= 0.6 is 0 Å². The van der Waals surface area contributed by atoms with Gasteiger partial charge >= 0.3 is 0 Å². The van der Waals surface area contributed by atoms with Crippen molar-refractivity contribution in [1.29, 1.82) is 0 Å². The van der Waals surface area contributed by atoms with Gasteiger partial charge in [0.25, 0.3) is 5.91 Å². The Morgan fingerprint density at radius 1 is 1.19 bits per heavy atom. The summed E-state index contributed by atoms with van der Waals surface area (Å²) < 4.78 is 20.0. The van der Waals surface area contributed by atoms with Crippen molar-refractivity contribution in [3.8, 4) is 0 Å². The molecule has 0 saturated heterocycles. The van der Waals surface area contributed by atoms with Crippen molar-refractivity contribution in [3.05, 3.63) is 76.8 Å². The molecule has 7 heteroatoms. The van der Waals surface area contributed by atoms with Crippen LogP contribution in [-0.4, -0.2) is 52.9 Å². The molecule has 2 aromatic carbocycles. The fourth-order valence-electron chi connectivity index (χ4n) is 4.19. The highest BCUT2D eigenvalue weighted by Gasteiger charge is 2.38. The maximum absolute atomic E-state index is 13.8. The third-order valence-corrected chi connectivity index (χ3v) is 5.71. The minimum atomic E-state index is -0.765. The summed E-state index contributed by atoms with van der Waals surface area (Å²) in [6.45, 7) is 4.62. The van der Waals surface area contributed by atoms with Gasteiger partial charge in [-0.3, -0.25) is 9.69 Å². The Morgan fingerprint density at radius 2 is 1.91 bits per heavy atom. The Balaban J connectivity index is 1.62. The molecule has 2 aliphatic rings. The first-order valence-electron chi connectivity index (χ1n) is 10.5. The minimum absolute atomic E-state index is 0.264. The summed E-state index contributed by atoms with van der Waals surface area (Å²) in [6, 6.07) is 12.2. The van der Waals surface area contributed by atoms with E-state index in [-0.39, 0.29) is 12.5 Å². The minimum Gasteiger partial charge on any atom is -0.482 e. The standard InChI is InChI=1S/C25H27FN2O4/c1-25(2)20(16-6-4-15(5-7-16)12-28(3)13-18(30)14-29)11-22(32-25)23-19-10-17(26)8-9-21(19)27-24(23)31/h4-11,18,29-30H,12-14H2,1-3H3,(H,27,31). The molecular formula is C25H27FN2O4. The largest absolute Gasteiger partial charge is 0.482 e. The van der Waals surface area contributed by atoms with Gasteiger partial charge in [0.05, 0.1) is 18.3 Å². The van der Waals surface area contributed by atoms with Gasteiger partial charge in [-0.15, -0.1) is 0 Å². The number of carbonyl (C=O) groups is 1. The van der Waals surface area contributed by atoms with Crippen LogP contribution in [-0.2, 0) is 16.1 Å². The molecule has 3 N–H and O–H groups in total. The Bertz CT molecular complexity index is 1110. The molecule has 0 aromatic heterocycles. The van der Waals surface area contributed by atoms with Crippen molar-refractivity contribution in [3.63, 3.8) is 0 Å². The molecule has 2 heterocycles. The van der Waals surface area contributed by atoms with Crippen molar-refractivity contribution >= 4 is 22.7 Å². The number of halogens is 1. The lowest BCUT2D eigenvalue weighted by Crippen LogP contribution is -2.30. The average Bonchev–Trinajstić information content (AvgIpc) is 3.22. The molecule has 2 aromatic rings. The summed E-state index contributed by atoms with van der Waals surface area (Å²) in [4.78, 5) is 14.5. The zero-order valence-corrected chi connectivity index (χ0v) is 18.4. The van der Waals surface area contributed by atoms with Gasteiger partial charge in [-0.2, -0.15) is 0 Å². The smallest absolute Gasteiger partial charge is 0.260 e. The molecule has 1 amide bonds. The summed E-state index contributed by atoms with van der Waals surface area (Å²) in [7, 11) is 1.88. The predicted molar refractivity (Wildman–Crippen MR) is 121 cm³/mol. The first kappa shape index (κ1) is 22.2. The van der Waals surface area contributed by atoms with E-state index < -0.39 is 17.5 Å². The Kier molecular flexibility index (Phi) is 5.90. The van der Waals surface area contributed by atoms with E-state index in [1.54, 1.807) is 6.07 Å². The zero-order valence-electron chi connectivity index (χ0n) is 18.4. The van der Waals surface area contributed by atoms with Gasteiger partial charge in [0.2, 0.25) is 0 Å². The van der Waals surface area contributed by atoms with Gasteiger partial charge in [-0.1, -0.05) is 24.3 Å². The Morgan fingerprint density at radius 3 is 2.59 bits per heavy atom. The number of anilines is 1. The highest BCUT2D eigenvalue weighted by molar-refractivity contribution is 6.32. The maximum atomic E-state index is 13.8. The van der Waals surface area contributed by atoms with Crippen LogP contribution in [0.1, 0.15) is 30.5 Å². The molecule has 1 atom stereocenters. The summed E-state index contributed by atoms with van der Waals surface area (Å²) in [5.74, 6) is -0.294. The predicted octanol–water partition coefficient (Wildman–Crippen LogP) is 3.17. The fraction of sp³-hybridized carbons (Fsp3) is 0.320. The number of amides is 1. The number of rotatable bonds is 6. The van der Waals surface area contributed by atoms with Gasteiger partial charge in [0.15, 0.2) is 0 Å². The van der Waals surface area contributed by atoms with Crippen molar-refractivity contribution in [2.75, 3.05) is 25.5 Å². The SMILES string of the molecule is CN(Cc1ccc(C2=CC(=C3C(=O)Nc4ccc(F)cc43)OC2(C)C)cc1)CC(O)CO. The number of nitrogens with zero attached hydrogens (tertiary/aromatic N) is 1. The second-order valence-electron chi connectivity index (χ2n) is 8.78. The lowest BCUT2D eigenvalue weighted by Gasteiger charge is -2.24. The van der Waals surface area contributed by atoms with Crippen LogP contribution in [0.15, 0.2) is 54.3 Å². The number of carbonyl (C=O) groups excluding carboxylic acids is 1. The number of ether oxygens (including phenoxy) is 1. The normalized spacial score (nSPS) is 20.1. The molecule has 4 rings (SSSR count). The molecule has 32 heavy (non-hydrogen) atoms. The number of nitrogens with one attached hydrogen (secondary N) is 1. The monoisotopic (exact) mass is 438 g/mol. The molecule has 168 valence electrons. The molecule has 0 fully saturated rings. The van der Waals surface area contributed by atoms with Crippen molar-refractivity contribution < 1.29 is 24.1 Å². The quantitative estimate of drug-likeness (QED) is 0.604. The first-order valence-corrected chi connectivity index (χ1v) is 10.5. The molecule has 0 spiro atoms. The van der Waals surface area contributed by atoms with E-state index in [1.807, 2.05) is 56.1 Å². The van der Waals surface area contributed by atoms with Gasteiger partial charge in [0, 0.05) is 29.9 Å². The Hall–Kier alpha value is -3.00. The summed E-state index contributed by atoms with van der Waals surface area (Å²) >= 11 is 0. The van der Waals surface area contributed by atoms with E-state index in [4.69, 9.17) is 9.84 Å². The second-order valence-corrected chi connectivity index (χ2v) is 8.78. The van der Waals surface area contributed by atoms with Crippen LogP contribution in [0.5, 0.6) is 0 Å². The molecule has 1 unspecified atom stereocenters. The fourth-order valence-corrected chi connectivity index (χ4v) is 4.19. The zero-order chi connectivity index (χ0) is 23.0. The van der Waals surface area contributed by atoms with Crippen molar-refractivity contribution in [2.45, 2.75) is 32.1 Å². The number of aliphatic hydroxyl groups is 2. The molecule has 0 radical (unpaired) electrons. The summed E-state index contributed by atoms with van der Waals surface area (Å²) in [5.41, 5.74) is 3.70. The van der Waals surface area contributed by atoms with Crippen LogP contribution in [0.2, 0.25) is 0 Å². The molecule has 2 aliphatic heterocycles. The molecule has 0 bridgehead atoms. The second kappa shape index (κ2) is 8.50. The summed E-state index contributed by atoms with van der Waals surface area (Å²) in [6.07, 6.45) is 1.09. The van der Waals surface area contributed by atoms with Gasteiger partial charge in [0.1, 0.15) is 17.2 Å². The molecule has 6 nitrogen and oxygen atoms in total. The third kappa shape index (κ3) is 4.32. The van der Waals surface area contributed by atoms with Crippen LogP contribution in [0.25, 0.3) is 11.1 Å². The number of benzene rings is 2. The van der Waals surface area contributed by atoms with Crippen LogP contribution in [0.4, 0.5) is 10.1 Å². The van der Waals surface area contributed by atoms with Crippen LogP contribution in [0, 0.1) is 5.82 Å². The van der Waals surface area contributed by atoms with Crippen molar-refractivity contribution in [1.82, 2.24) is 4.90 Å². The third-order valence-electron chi connectivity index (χ3n) is 5.71. The number of hydrogen-bond acceptors (Lipinski definition) is 5. The first-order chi connectivity index (χ1) is 15.2. The molecule has 0 aliphatic carbocycles.